The molecule has 0 bridgehead atoms. The normalized spacial score (nSPS) is 16.2. The van der Waals surface area contributed by atoms with E-state index in [0.29, 0.717) is 28.9 Å². The summed E-state index contributed by atoms with van der Waals surface area (Å²) in [7, 11) is 0. The fourth-order valence-corrected chi connectivity index (χ4v) is 3.63. The third-order valence-electron chi connectivity index (χ3n) is 5.34. The van der Waals surface area contributed by atoms with Gasteiger partial charge in [-0.3, -0.25) is 4.79 Å². The van der Waals surface area contributed by atoms with Crippen molar-refractivity contribution in [3.63, 3.8) is 0 Å². The molecule has 1 aliphatic heterocycles. The monoisotopic (exact) mass is 421 g/mol. The number of piperidine rings is 1. The minimum atomic E-state index is -0.00895. The SMILES string of the molecule is Cc1ccc(OCc2nc(-c3ccccc3OCC(=O)N3CCC[C@@H](C)C3)no2)cc1. The number of hydrogen-bond acceptors (Lipinski definition) is 6. The Morgan fingerprint density at radius 1 is 1.16 bits per heavy atom. The molecule has 162 valence electrons. The van der Waals surface area contributed by atoms with Gasteiger partial charge in [0.05, 0.1) is 5.56 Å². The number of rotatable bonds is 7. The van der Waals surface area contributed by atoms with Crippen LogP contribution in [0.25, 0.3) is 11.4 Å². The zero-order chi connectivity index (χ0) is 21.6. The minimum absolute atomic E-state index is 0.00153. The molecule has 1 amide bonds. The maximum Gasteiger partial charge on any atom is 0.264 e. The summed E-state index contributed by atoms with van der Waals surface area (Å²) >= 11 is 0. The number of amides is 1. The van der Waals surface area contributed by atoms with Crippen LogP contribution < -0.4 is 9.47 Å². The van der Waals surface area contributed by atoms with Gasteiger partial charge in [0.1, 0.15) is 11.5 Å². The Hall–Kier alpha value is -3.35. The van der Waals surface area contributed by atoms with Crippen LogP contribution in [0.1, 0.15) is 31.2 Å². The maximum atomic E-state index is 12.5. The zero-order valence-corrected chi connectivity index (χ0v) is 17.9. The Labute approximate surface area is 182 Å². The number of nitrogens with zero attached hydrogens (tertiary/aromatic N) is 3. The standard InChI is InChI=1S/C24H27N3O4/c1-17-9-11-19(12-10-17)29-15-22-25-24(26-31-22)20-7-3-4-8-21(20)30-16-23(28)27-13-5-6-18(2)14-27/h3-4,7-12,18H,5-6,13-16H2,1-2H3/t18-/m1/s1. The molecule has 2 aromatic carbocycles. The summed E-state index contributed by atoms with van der Waals surface area (Å²) in [6, 6.07) is 15.1. The van der Waals surface area contributed by atoms with Gasteiger partial charge >= 0.3 is 0 Å². The lowest BCUT2D eigenvalue weighted by atomic mass is 10.0. The number of aromatic nitrogens is 2. The first kappa shape index (κ1) is 20.9. The molecule has 1 aromatic heterocycles. The summed E-state index contributed by atoms with van der Waals surface area (Å²) in [5.74, 6) is 2.58. The molecule has 31 heavy (non-hydrogen) atoms. The highest BCUT2D eigenvalue weighted by Crippen LogP contribution is 2.28. The molecule has 2 heterocycles. The molecule has 0 N–H and O–H groups in total. The molecule has 7 heteroatoms. The van der Waals surface area contributed by atoms with E-state index in [9.17, 15) is 4.79 Å². The van der Waals surface area contributed by atoms with Crippen molar-refractivity contribution in [3.05, 3.63) is 60.0 Å². The number of likely N-dealkylation sites (tertiary alicyclic amines) is 1. The van der Waals surface area contributed by atoms with Gasteiger partial charge in [-0.05, 0) is 49.9 Å². The molecule has 0 spiro atoms. The van der Waals surface area contributed by atoms with E-state index in [2.05, 4.69) is 17.1 Å². The molecule has 1 saturated heterocycles. The Bertz CT molecular complexity index is 1020. The third-order valence-corrected chi connectivity index (χ3v) is 5.34. The number of ether oxygens (including phenoxy) is 2. The largest absolute Gasteiger partial charge is 0.484 e. The summed E-state index contributed by atoms with van der Waals surface area (Å²) < 4.78 is 16.9. The molecule has 7 nitrogen and oxygen atoms in total. The topological polar surface area (TPSA) is 77.7 Å². The van der Waals surface area contributed by atoms with Crippen LogP contribution in [-0.4, -0.2) is 40.6 Å². The van der Waals surface area contributed by atoms with Crippen LogP contribution >= 0.6 is 0 Å². The van der Waals surface area contributed by atoms with E-state index in [4.69, 9.17) is 14.0 Å². The molecule has 3 aromatic rings. The lowest BCUT2D eigenvalue weighted by Gasteiger charge is -2.30. The molecule has 0 saturated carbocycles. The number of aryl methyl sites for hydroxylation is 1. The Morgan fingerprint density at radius 3 is 2.77 bits per heavy atom. The lowest BCUT2D eigenvalue weighted by Crippen LogP contribution is -2.41. The number of carbonyl (C=O) groups excluding carboxylic acids is 1. The van der Waals surface area contributed by atoms with Gasteiger partial charge in [0, 0.05) is 13.1 Å². The average Bonchev–Trinajstić information content (AvgIpc) is 3.26. The van der Waals surface area contributed by atoms with E-state index >= 15 is 0 Å². The van der Waals surface area contributed by atoms with Crippen molar-refractivity contribution in [2.75, 3.05) is 19.7 Å². The van der Waals surface area contributed by atoms with E-state index in [1.54, 1.807) is 6.07 Å². The van der Waals surface area contributed by atoms with E-state index < -0.39 is 0 Å². The van der Waals surface area contributed by atoms with Crippen LogP contribution in [0.2, 0.25) is 0 Å². The van der Waals surface area contributed by atoms with Crippen LogP contribution in [0.5, 0.6) is 11.5 Å². The minimum Gasteiger partial charge on any atom is -0.484 e. The first-order valence-corrected chi connectivity index (χ1v) is 10.6. The summed E-state index contributed by atoms with van der Waals surface area (Å²) in [6.45, 7) is 5.94. The van der Waals surface area contributed by atoms with Gasteiger partial charge in [-0.2, -0.15) is 4.98 Å². The van der Waals surface area contributed by atoms with E-state index in [0.717, 1.165) is 30.8 Å². The van der Waals surface area contributed by atoms with Crippen LogP contribution in [0.3, 0.4) is 0 Å². The maximum absolute atomic E-state index is 12.5. The van der Waals surface area contributed by atoms with Gasteiger partial charge in [-0.25, -0.2) is 0 Å². The van der Waals surface area contributed by atoms with Gasteiger partial charge in [0.2, 0.25) is 5.82 Å². The first-order valence-electron chi connectivity index (χ1n) is 10.6. The predicted octanol–water partition coefficient (Wildman–Crippen LogP) is 4.26. The summed E-state index contributed by atoms with van der Waals surface area (Å²) in [4.78, 5) is 18.8. The molecule has 1 fully saturated rings. The van der Waals surface area contributed by atoms with Crippen molar-refractivity contribution in [1.29, 1.82) is 0 Å². The number of carbonyl (C=O) groups is 1. The highest BCUT2D eigenvalue weighted by atomic mass is 16.5. The predicted molar refractivity (Wildman–Crippen MR) is 116 cm³/mol. The van der Waals surface area contributed by atoms with Crippen molar-refractivity contribution in [2.24, 2.45) is 5.92 Å². The van der Waals surface area contributed by atoms with Gasteiger partial charge < -0.3 is 18.9 Å². The second-order valence-electron chi connectivity index (χ2n) is 7.99. The fraction of sp³-hybridized carbons (Fsp3) is 0.375. The highest BCUT2D eigenvalue weighted by molar-refractivity contribution is 5.78. The van der Waals surface area contributed by atoms with Crippen molar-refractivity contribution < 1.29 is 18.8 Å². The van der Waals surface area contributed by atoms with Crippen molar-refractivity contribution >= 4 is 5.91 Å². The second-order valence-corrected chi connectivity index (χ2v) is 7.99. The fourth-order valence-electron chi connectivity index (χ4n) is 3.63. The average molecular weight is 421 g/mol. The zero-order valence-electron chi connectivity index (χ0n) is 17.9. The Kier molecular flexibility index (Phi) is 6.50. The second kappa shape index (κ2) is 9.64. The lowest BCUT2D eigenvalue weighted by molar-refractivity contribution is -0.135. The summed E-state index contributed by atoms with van der Waals surface area (Å²) in [5, 5.41) is 4.06. The molecule has 0 aliphatic carbocycles. The van der Waals surface area contributed by atoms with Crippen molar-refractivity contribution in [1.82, 2.24) is 15.0 Å². The number of hydrogen-bond donors (Lipinski definition) is 0. The van der Waals surface area contributed by atoms with Crippen LogP contribution in [0, 0.1) is 12.8 Å². The summed E-state index contributed by atoms with van der Waals surface area (Å²) in [5.41, 5.74) is 1.84. The van der Waals surface area contributed by atoms with E-state index in [-0.39, 0.29) is 19.1 Å². The van der Waals surface area contributed by atoms with Crippen LogP contribution in [0.15, 0.2) is 53.1 Å². The van der Waals surface area contributed by atoms with Gasteiger partial charge in [-0.15, -0.1) is 0 Å². The summed E-state index contributed by atoms with van der Waals surface area (Å²) in [6.07, 6.45) is 2.21. The number of benzene rings is 2. The van der Waals surface area contributed by atoms with Crippen molar-refractivity contribution in [3.8, 4) is 22.9 Å². The smallest absolute Gasteiger partial charge is 0.264 e. The Balaban J connectivity index is 1.39. The number of para-hydroxylation sites is 1. The van der Waals surface area contributed by atoms with Crippen LogP contribution in [0.4, 0.5) is 0 Å². The molecule has 1 atom stereocenters. The van der Waals surface area contributed by atoms with E-state index in [1.165, 1.54) is 6.42 Å². The van der Waals surface area contributed by atoms with Crippen molar-refractivity contribution in [2.45, 2.75) is 33.3 Å². The van der Waals surface area contributed by atoms with Gasteiger partial charge in [0.25, 0.3) is 11.8 Å². The van der Waals surface area contributed by atoms with Gasteiger partial charge in [-0.1, -0.05) is 41.9 Å². The molecular formula is C24H27N3O4. The van der Waals surface area contributed by atoms with E-state index in [1.807, 2.05) is 54.3 Å². The quantitative estimate of drug-likeness (QED) is 0.567. The first-order chi connectivity index (χ1) is 15.1. The van der Waals surface area contributed by atoms with Gasteiger partial charge in [0.15, 0.2) is 13.2 Å². The third kappa shape index (κ3) is 5.42. The molecular weight excluding hydrogens is 394 g/mol. The highest BCUT2D eigenvalue weighted by Gasteiger charge is 2.22. The molecule has 0 unspecified atom stereocenters. The van der Waals surface area contributed by atoms with Crippen LogP contribution in [-0.2, 0) is 11.4 Å². The Morgan fingerprint density at radius 2 is 1.97 bits per heavy atom. The molecule has 1 aliphatic rings. The molecule has 0 radical (unpaired) electrons. The molecule has 4 rings (SSSR count).